The van der Waals surface area contributed by atoms with Crippen LogP contribution in [0.1, 0.15) is 27.1 Å². The molecule has 0 bridgehead atoms. The van der Waals surface area contributed by atoms with Crippen LogP contribution in [0.5, 0.6) is 5.75 Å². The number of hydrogen-bond acceptors (Lipinski definition) is 6. The van der Waals surface area contributed by atoms with Gasteiger partial charge in [-0.1, -0.05) is 0 Å². The Labute approximate surface area is 165 Å². The Morgan fingerprint density at radius 3 is 2.82 bits per heavy atom. The fourth-order valence-electron chi connectivity index (χ4n) is 4.16. The van der Waals surface area contributed by atoms with Crippen molar-refractivity contribution in [2.24, 2.45) is 5.92 Å². The molecule has 7 nitrogen and oxygen atoms in total. The molecule has 2 fully saturated rings. The van der Waals surface area contributed by atoms with Gasteiger partial charge in [0.2, 0.25) is 0 Å². The van der Waals surface area contributed by atoms with Crippen LogP contribution in [0.4, 0.5) is 0 Å². The molecule has 2 aliphatic rings. The molecule has 3 aromatic heterocycles. The quantitative estimate of drug-likeness (QED) is 0.721. The van der Waals surface area contributed by atoms with Gasteiger partial charge in [-0.2, -0.15) is 0 Å². The number of carbonyl (C=O) groups excluding carboxylic acids is 2. The first kappa shape index (κ1) is 17.1. The van der Waals surface area contributed by atoms with E-state index >= 15 is 0 Å². The van der Waals surface area contributed by atoms with Gasteiger partial charge in [-0.25, -0.2) is 0 Å². The van der Waals surface area contributed by atoms with E-state index in [1.165, 1.54) is 18.5 Å². The zero-order valence-corrected chi connectivity index (χ0v) is 15.8. The van der Waals surface area contributed by atoms with E-state index in [4.69, 9.17) is 0 Å². The Morgan fingerprint density at radius 1 is 1.11 bits per heavy atom. The zero-order valence-electron chi connectivity index (χ0n) is 15.0. The number of likely N-dealkylation sites (tertiary alicyclic amines) is 2. The second-order valence-electron chi connectivity index (χ2n) is 7.28. The highest BCUT2D eigenvalue weighted by atomic mass is 32.1. The number of hydrogen-bond donors (Lipinski definition) is 1. The monoisotopic (exact) mass is 394 g/mol. The summed E-state index contributed by atoms with van der Waals surface area (Å²) >= 11 is 1.57. The number of pyridine rings is 2. The van der Waals surface area contributed by atoms with Crippen molar-refractivity contribution in [3.05, 3.63) is 53.4 Å². The molecule has 5 rings (SSSR count). The Balaban J connectivity index is 1.35. The summed E-state index contributed by atoms with van der Waals surface area (Å²) in [5.74, 6) is 0.196. The Morgan fingerprint density at radius 2 is 1.96 bits per heavy atom. The van der Waals surface area contributed by atoms with E-state index in [-0.39, 0.29) is 23.6 Å². The summed E-state index contributed by atoms with van der Waals surface area (Å²) in [5, 5.41) is 12.5. The van der Waals surface area contributed by atoms with Gasteiger partial charge in [0.1, 0.15) is 5.75 Å². The number of fused-ring (bicyclic) bond motifs is 2. The van der Waals surface area contributed by atoms with Crippen LogP contribution in [0.3, 0.4) is 0 Å². The fourth-order valence-corrected chi connectivity index (χ4v) is 4.94. The van der Waals surface area contributed by atoms with Crippen LogP contribution in [0.25, 0.3) is 10.1 Å². The molecule has 8 heteroatoms. The van der Waals surface area contributed by atoms with Gasteiger partial charge in [-0.05, 0) is 23.9 Å². The summed E-state index contributed by atoms with van der Waals surface area (Å²) in [6, 6.07) is 3.38. The van der Waals surface area contributed by atoms with E-state index in [0.717, 1.165) is 16.5 Å². The van der Waals surface area contributed by atoms with Crippen LogP contribution in [0.2, 0.25) is 0 Å². The number of aromatic hydroxyl groups is 1. The fraction of sp³-hybridized carbons (Fsp3) is 0.300. The third-order valence-electron chi connectivity index (χ3n) is 5.68. The van der Waals surface area contributed by atoms with Gasteiger partial charge in [0.05, 0.1) is 28.1 Å². The van der Waals surface area contributed by atoms with Crippen molar-refractivity contribution in [3.8, 4) is 5.75 Å². The van der Waals surface area contributed by atoms with Crippen molar-refractivity contribution in [1.82, 2.24) is 19.8 Å². The number of aromatic nitrogens is 2. The lowest BCUT2D eigenvalue weighted by atomic mass is 9.81. The summed E-state index contributed by atoms with van der Waals surface area (Å²) in [5.41, 5.74) is 0.987. The SMILES string of the molecule is O=C(c1cncc2sccc12)N1CC[C@H]2CN(C(=O)c3cncc(O)c3)[C@H]2C1. The number of thiophene rings is 1. The van der Waals surface area contributed by atoms with Crippen LogP contribution >= 0.6 is 11.3 Å². The average molecular weight is 394 g/mol. The Hall–Kier alpha value is -3.00. The van der Waals surface area contributed by atoms with E-state index < -0.39 is 0 Å². The summed E-state index contributed by atoms with van der Waals surface area (Å²) in [6.45, 7) is 1.89. The second-order valence-corrected chi connectivity index (χ2v) is 8.22. The first-order valence-electron chi connectivity index (χ1n) is 9.17. The minimum absolute atomic E-state index is 0.00202. The van der Waals surface area contributed by atoms with Gasteiger partial charge in [-0.15, -0.1) is 11.3 Å². The molecule has 2 atom stereocenters. The van der Waals surface area contributed by atoms with Gasteiger partial charge in [0, 0.05) is 49.5 Å². The lowest BCUT2D eigenvalue weighted by molar-refractivity contribution is -0.0235. The highest BCUT2D eigenvalue weighted by Crippen LogP contribution is 2.35. The van der Waals surface area contributed by atoms with Crippen LogP contribution in [0, 0.1) is 5.92 Å². The van der Waals surface area contributed by atoms with Crippen molar-refractivity contribution < 1.29 is 14.7 Å². The van der Waals surface area contributed by atoms with Crippen molar-refractivity contribution in [2.75, 3.05) is 19.6 Å². The summed E-state index contributed by atoms with van der Waals surface area (Å²) in [4.78, 5) is 37.6. The smallest absolute Gasteiger partial charge is 0.256 e. The molecular formula is C20H18N4O3S. The van der Waals surface area contributed by atoms with E-state index in [1.54, 1.807) is 28.6 Å². The first-order valence-corrected chi connectivity index (χ1v) is 10.1. The molecule has 3 aromatic rings. The molecular weight excluding hydrogens is 376 g/mol. The molecule has 2 aliphatic heterocycles. The maximum Gasteiger partial charge on any atom is 0.256 e. The minimum atomic E-state index is -0.152. The molecule has 2 saturated heterocycles. The van der Waals surface area contributed by atoms with Gasteiger partial charge in [0.25, 0.3) is 11.8 Å². The predicted octanol–water partition coefficient (Wildman–Crippen LogP) is 2.38. The van der Waals surface area contributed by atoms with E-state index in [9.17, 15) is 14.7 Å². The maximum absolute atomic E-state index is 13.1. The molecule has 0 unspecified atom stereocenters. The summed E-state index contributed by atoms with van der Waals surface area (Å²) in [6.07, 6.45) is 7.05. The number of carbonyl (C=O) groups is 2. The van der Waals surface area contributed by atoms with Crippen molar-refractivity contribution in [3.63, 3.8) is 0 Å². The number of nitrogens with zero attached hydrogens (tertiary/aromatic N) is 4. The number of rotatable bonds is 2. The van der Waals surface area contributed by atoms with Crippen molar-refractivity contribution >= 4 is 33.2 Å². The van der Waals surface area contributed by atoms with Crippen LogP contribution in [-0.4, -0.2) is 62.4 Å². The van der Waals surface area contributed by atoms with Crippen LogP contribution in [-0.2, 0) is 0 Å². The van der Waals surface area contributed by atoms with Gasteiger partial charge >= 0.3 is 0 Å². The molecule has 0 aromatic carbocycles. The third-order valence-corrected chi connectivity index (χ3v) is 6.53. The molecule has 5 heterocycles. The molecule has 28 heavy (non-hydrogen) atoms. The molecule has 0 radical (unpaired) electrons. The summed E-state index contributed by atoms with van der Waals surface area (Å²) < 4.78 is 0.998. The van der Waals surface area contributed by atoms with Crippen LogP contribution in [0.15, 0.2) is 42.3 Å². The zero-order chi connectivity index (χ0) is 19.3. The molecule has 142 valence electrons. The topological polar surface area (TPSA) is 86.6 Å². The largest absolute Gasteiger partial charge is 0.506 e. The van der Waals surface area contributed by atoms with E-state index in [0.29, 0.717) is 36.7 Å². The van der Waals surface area contributed by atoms with Gasteiger partial charge in [-0.3, -0.25) is 19.6 Å². The normalized spacial score (nSPS) is 21.3. The summed E-state index contributed by atoms with van der Waals surface area (Å²) in [7, 11) is 0. The second kappa shape index (κ2) is 6.56. The molecule has 2 amide bonds. The van der Waals surface area contributed by atoms with E-state index in [2.05, 4.69) is 9.97 Å². The predicted molar refractivity (Wildman–Crippen MR) is 104 cm³/mol. The Bertz CT molecular complexity index is 1080. The van der Waals surface area contributed by atoms with Crippen molar-refractivity contribution in [1.29, 1.82) is 0 Å². The molecule has 0 spiro atoms. The van der Waals surface area contributed by atoms with Crippen molar-refractivity contribution in [2.45, 2.75) is 12.5 Å². The van der Waals surface area contributed by atoms with Gasteiger partial charge < -0.3 is 14.9 Å². The lowest BCUT2D eigenvalue weighted by Crippen LogP contribution is -2.66. The number of amides is 2. The molecule has 0 aliphatic carbocycles. The minimum Gasteiger partial charge on any atom is -0.506 e. The molecule has 1 N–H and O–H groups in total. The maximum atomic E-state index is 13.1. The van der Waals surface area contributed by atoms with Crippen LogP contribution < -0.4 is 0 Å². The van der Waals surface area contributed by atoms with Gasteiger partial charge in [0.15, 0.2) is 0 Å². The standard InChI is InChI=1S/C20H18N4O3S/c25-14-5-13(6-21-7-14)19(26)24-10-12-1-3-23(11-17(12)24)20(27)16-8-22-9-18-15(16)2-4-28-18/h2,4-9,12,17,25H,1,3,10-11H2/t12-,17-/m0/s1. The lowest BCUT2D eigenvalue weighted by Gasteiger charge is -2.53. The first-order chi connectivity index (χ1) is 13.6. The van der Waals surface area contributed by atoms with E-state index in [1.807, 2.05) is 16.3 Å². The Kier molecular flexibility index (Phi) is 4.01. The molecule has 0 saturated carbocycles. The highest BCUT2D eigenvalue weighted by Gasteiger charge is 2.46. The number of piperidine rings is 1. The third kappa shape index (κ3) is 2.72. The average Bonchev–Trinajstić information content (AvgIpc) is 3.17. The highest BCUT2D eigenvalue weighted by molar-refractivity contribution is 7.17.